The van der Waals surface area contributed by atoms with E-state index in [-0.39, 0.29) is 0 Å². The van der Waals surface area contributed by atoms with E-state index in [9.17, 15) is 0 Å². The van der Waals surface area contributed by atoms with Gasteiger partial charge in [0.15, 0.2) is 0 Å². The van der Waals surface area contributed by atoms with Crippen molar-refractivity contribution in [2.45, 2.75) is 0 Å². The molecule has 0 aliphatic carbocycles. The number of hydrogen-bond acceptors (Lipinski definition) is 0. The molecule has 3 heteroatoms. The summed E-state index contributed by atoms with van der Waals surface area (Å²) < 4.78 is 3.15. The van der Waals surface area contributed by atoms with Crippen LogP contribution in [0.4, 0.5) is 0 Å². The molecule has 4 aromatic carbocycles. The summed E-state index contributed by atoms with van der Waals surface area (Å²) in [7, 11) is -2.66. The van der Waals surface area contributed by atoms with Crippen LogP contribution in [0.3, 0.4) is 0 Å². The SMILES string of the molecule is [Li][Ge]1([Li])[C](c2ccccc2)=C(c2ccccc2)C(c2ccccc2)=[C]1c1ccccc1. The van der Waals surface area contributed by atoms with Crippen LogP contribution >= 0.6 is 0 Å². The molecule has 0 atom stereocenters. The average molecular weight is 443 g/mol. The first-order chi connectivity index (χ1) is 15.2. The molecular weight excluding hydrogens is 423 g/mol. The average Bonchev–Trinajstić information content (AvgIpc) is 3.08. The second kappa shape index (κ2) is 8.92. The van der Waals surface area contributed by atoms with Gasteiger partial charge < -0.3 is 0 Å². The molecular formula is C28H20GeLi2. The zero-order valence-corrected chi connectivity index (χ0v) is 20.1. The summed E-state index contributed by atoms with van der Waals surface area (Å²) in [5.41, 5.74) is 8.19. The molecule has 1 aliphatic rings. The summed E-state index contributed by atoms with van der Waals surface area (Å²) in [6.45, 7) is 0. The minimum absolute atomic E-state index is 1.31. The van der Waals surface area contributed by atoms with Gasteiger partial charge in [0, 0.05) is 0 Å². The molecule has 0 amide bonds. The van der Waals surface area contributed by atoms with E-state index < -0.39 is 8.81 Å². The maximum atomic E-state index is 2.56. The summed E-state index contributed by atoms with van der Waals surface area (Å²) in [5.74, 6) is 0. The molecule has 1 aliphatic heterocycles. The Hall–Kier alpha value is -1.90. The Morgan fingerprint density at radius 1 is 0.355 bits per heavy atom. The molecule has 0 unspecified atom stereocenters. The predicted octanol–water partition coefficient (Wildman–Crippen LogP) is 6.08. The van der Waals surface area contributed by atoms with Crippen molar-refractivity contribution >= 4 is 60.1 Å². The number of hydrogen-bond donors (Lipinski definition) is 0. The Kier molecular flexibility index (Phi) is 6.03. The van der Waals surface area contributed by atoms with Crippen molar-refractivity contribution in [3.8, 4) is 0 Å². The molecule has 0 bridgehead atoms. The van der Waals surface area contributed by atoms with Crippen molar-refractivity contribution in [2.75, 3.05) is 0 Å². The van der Waals surface area contributed by atoms with Crippen LogP contribution in [-0.2, 0) is 0 Å². The third-order valence-corrected chi connectivity index (χ3v) is 13.8. The van der Waals surface area contributed by atoms with E-state index in [4.69, 9.17) is 0 Å². The van der Waals surface area contributed by atoms with Crippen molar-refractivity contribution < 1.29 is 0 Å². The first kappa shape index (κ1) is 21.0. The van der Waals surface area contributed by atoms with E-state index in [2.05, 4.69) is 153 Å². The number of benzene rings is 4. The Bertz CT molecular complexity index is 1160. The van der Waals surface area contributed by atoms with Gasteiger partial charge in [-0.3, -0.25) is 0 Å². The summed E-state index contributed by atoms with van der Waals surface area (Å²) in [5, 5.41) is 0. The normalized spacial score (nSPS) is 15.5. The minimum atomic E-state index is -2.66. The fraction of sp³-hybridized carbons (Fsp3) is 0. The Morgan fingerprint density at radius 2 is 0.613 bits per heavy atom. The monoisotopic (exact) mass is 444 g/mol. The van der Waals surface area contributed by atoms with Crippen molar-refractivity contribution in [2.24, 2.45) is 0 Å². The second-order valence-corrected chi connectivity index (χ2v) is 17.5. The summed E-state index contributed by atoms with van der Waals surface area (Å²) >= 11 is 5.12. The van der Waals surface area contributed by atoms with E-state index in [1.807, 2.05) is 0 Å². The van der Waals surface area contributed by atoms with Crippen molar-refractivity contribution in [1.29, 1.82) is 0 Å². The maximum absolute atomic E-state index is 2.66. The van der Waals surface area contributed by atoms with E-state index in [1.165, 1.54) is 33.4 Å². The molecule has 0 saturated heterocycles. The van der Waals surface area contributed by atoms with Crippen molar-refractivity contribution in [1.82, 2.24) is 0 Å². The van der Waals surface area contributed by atoms with Gasteiger partial charge in [-0.05, 0) is 0 Å². The molecule has 0 saturated carbocycles. The van der Waals surface area contributed by atoms with E-state index >= 15 is 0 Å². The van der Waals surface area contributed by atoms with Gasteiger partial charge in [-0.25, -0.2) is 0 Å². The van der Waals surface area contributed by atoms with Crippen LogP contribution in [0.5, 0.6) is 0 Å². The van der Waals surface area contributed by atoms with Crippen LogP contribution in [0.15, 0.2) is 121 Å². The molecule has 0 N–H and O–H groups in total. The molecule has 4 aromatic rings. The first-order valence-corrected chi connectivity index (χ1v) is 17.2. The predicted molar refractivity (Wildman–Crippen MR) is 137 cm³/mol. The number of allylic oxidation sites excluding steroid dienone is 2. The fourth-order valence-electron chi connectivity index (χ4n) is 5.01. The standard InChI is InChI=1S/C28H20Ge.2Li/c1-5-13-21(14-6-1)25-26(22-15-7-2-8-16-22)28(24-19-11-4-12-20-24)29-27(25)23-17-9-3-10-18-23;;/h1-20H;;. The van der Waals surface area contributed by atoms with Crippen LogP contribution in [0.1, 0.15) is 22.3 Å². The second-order valence-electron chi connectivity index (χ2n) is 8.59. The summed E-state index contributed by atoms with van der Waals surface area (Å²) in [6, 6.07) is 44.0. The summed E-state index contributed by atoms with van der Waals surface area (Å²) in [6.07, 6.45) is 0. The van der Waals surface area contributed by atoms with E-state index in [1.54, 1.807) is 8.81 Å². The van der Waals surface area contributed by atoms with Gasteiger partial charge in [0.25, 0.3) is 0 Å². The Labute approximate surface area is 202 Å². The van der Waals surface area contributed by atoms with E-state index in [0.29, 0.717) is 0 Å². The zero-order valence-electron chi connectivity index (χ0n) is 18.0. The Morgan fingerprint density at radius 3 is 0.903 bits per heavy atom. The van der Waals surface area contributed by atoms with Crippen LogP contribution in [0, 0.1) is 0 Å². The molecule has 0 fully saturated rings. The van der Waals surface area contributed by atoms with Gasteiger partial charge >= 0.3 is 204 Å². The zero-order chi connectivity index (χ0) is 21.3. The fourth-order valence-corrected chi connectivity index (χ4v) is 13.0. The molecule has 0 aromatic heterocycles. The van der Waals surface area contributed by atoms with Crippen LogP contribution in [-0.4, -0.2) is 40.1 Å². The molecule has 0 radical (unpaired) electrons. The van der Waals surface area contributed by atoms with Gasteiger partial charge in [-0.2, -0.15) is 0 Å². The van der Waals surface area contributed by atoms with Gasteiger partial charge in [-0.15, -0.1) is 0 Å². The molecule has 1 heterocycles. The molecule has 31 heavy (non-hydrogen) atoms. The number of rotatable bonds is 4. The van der Waals surface area contributed by atoms with Gasteiger partial charge in [-0.1, -0.05) is 0 Å². The van der Waals surface area contributed by atoms with E-state index in [0.717, 1.165) is 0 Å². The molecule has 5 rings (SSSR count). The molecule has 0 spiro atoms. The van der Waals surface area contributed by atoms with Crippen molar-refractivity contribution in [3.63, 3.8) is 0 Å². The third kappa shape index (κ3) is 3.89. The summed E-state index contributed by atoms with van der Waals surface area (Å²) in [4.78, 5) is 0. The quantitative estimate of drug-likeness (QED) is 0.336. The van der Waals surface area contributed by atoms with Gasteiger partial charge in [0.2, 0.25) is 0 Å². The molecule has 138 valence electrons. The van der Waals surface area contributed by atoms with Crippen LogP contribution in [0.2, 0.25) is 0 Å². The molecule has 0 nitrogen and oxygen atoms in total. The van der Waals surface area contributed by atoms with Gasteiger partial charge in [0.1, 0.15) is 0 Å². The van der Waals surface area contributed by atoms with Crippen molar-refractivity contribution in [3.05, 3.63) is 144 Å². The van der Waals surface area contributed by atoms with Crippen LogP contribution in [0.25, 0.3) is 20.0 Å². The van der Waals surface area contributed by atoms with Gasteiger partial charge in [0.05, 0.1) is 0 Å². The third-order valence-electron chi connectivity index (χ3n) is 6.25. The topological polar surface area (TPSA) is 0 Å². The van der Waals surface area contributed by atoms with Crippen LogP contribution < -0.4 is 0 Å². The first-order valence-electron chi connectivity index (χ1n) is 10.9. The Balaban J connectivity index is 1.92.